The monoisotopic (exact) mass is 618 g/mol. The molecular formula is C33H34N2O10. The molecule has 0 saturated carbocycles. The minimum absolute atomic E-state index is 0.00617. The number of para-hydroxylation sites is 1. The number of phenolic OH excluding ortho intramolecular Hbond substituents is 2. The van der Waals surface area contributed by atoms with E-state index in [2.05, 4.69) is 5.32 Å². The summed E-state index contributed by atoms with van der Waals surface area (Å²) < 4.78 is 17.6. The molecule has 1 saturated heterocycles. The van der Waals surface area contributed by atoms with Gasteiger partial charge in [0.25, 0.3) is 0 Å². The van der Waals surface area contributed by atoms with Crippen LogP contribution in [-0.2, 0) is 20.6 Å². The number of rotatable bonds is 5. The second kappa shape index (κ2) is 11.5. The molecule has 3 aromatic carbocycles. The van der Waals surface area contributed by atoms with Gasteiger partial charge >= 0.3 is 6.09 Å². The Kier molecular flexibility index (Phi) is 7.88. The Bertz CT molecular complexity index is 1670. The highest BCUT2D eigenvalue weighted by molar-refractivity contribution is 6.30. The van der Waals surface area contributed by atoms with Gasteiger partial charge in [-0.05, 0) is 26.0 Å². The van der Waals surface area contributed by atoms with Crippen molar-refractivity contribution in [3.05, 3.63) is 88.0 Å². The molecule has 3 aromatic rings. The maximum atomic E-state index is 13.6. The average Bonchev–Trinajstić information content (AvgIpc) is 3.00. The van der Waals surface area contributed by atoms with E-state index in [1.54, 1.807) is 49.4 Å². The Labute approximate surface area is 258 Å². The number of benzene rings is 3. The first-order valence-corrected chi connectivity index (χ1v) is 14.7. The molecule has 2 aliphatic carbocycles. The number of phenols is 2. The summed E-state index contributed by atoms with van der Waals surface area (Å²) in [7, 11) is 0. The smallest absolute Gasteiger partial charge is 0.411 e. The lowest BCUT2D eigenvalue weighted by atomic mass is 9.71. The molecule has 0 bridgehead atoms. The number of amides is 1. The minimum Gasteiger partial charge on any atom is -0.507 e. The van der Waals surface area contributed by atoms with Crippen LogP contribution in [0.2, 0.25) is 0 Å². The van der Waals surface area contributed by atoms with Crippen molar-refractivity contribution in [3.8, 4) is 11.5 Å². The van der Waals surface area contributed by atoms with Gasteiger partial charge in [-0.25, -0.2) is 4.79 Å². The topological polar surface area (TPSA) is 198 Å². The SMILES string of the molecule is C[C@@H]1O[C@@H](O[C@H]2C[C@](O)([C@@H](C)OC(=O)Nc3ccccc3)Cc3c(O)c4c(c(O)c32)C(=O)c2ccccc2C4=O)C[C@H](N)[C@H]1O. The van der Waals surface area contributed by atoms with Crippen LogP contribution >= 0.6 is 0 Å². The van der Waals surface area contributed by atoms with E-state index in [1.165, 1.54) is 19.1 Å². The van der Waals surface area contributed by atoms with E-state index in [4.69, 9.17) is 19.9 Å². The molecule has 7 atom stereocenters. The molecule has 1 fully saturated rings. The van der Waals surface area contributed by atoms with Gasteiger partial charge in [-0.3, -0.25) is 14.9 Å². The number of aliphatic hydroxyl groups excluding tert-OH is 1. The summed E-state index contributed by atoms with van der Waals surface area (Å²) in [5.74, 6) is -2.49. The zero-order valence-electron chi connectivity index (χ0n) is 24.6. The quantitative estimate of drug-likeness (QED) is 0.180. The van der Waals surface area contributed by atoms with Crippen LogP contribution in [0, 0.1) is 0 Å². The second-order valence-corrected chi connectivity index (χ2v) is 11.9. The van der Waals surface area contributed by atoms with Crippen LogP contribution in [0.5, 0.6) is 11.5 Å². The van der Waals surface area contributed by atoms with Crippen molar-refractivity contribution in [2.75, 3.05) is 5.32 Å². The third-order valence-corrected chi connectivity index (χ3v) is 8.93. The average molecular weight is 619 g/mol. The molecule has 12 nitrogen and oxygen atoms in total. The lowest BCUT2D eigenvalue weighted by Crippen LogP contribution is -2.53. The molecule has 0 spiro atoms. The summed E-state index contributed by atoms with van der Waals surface area (Å²) in [5, 5.41) is 48.1. The van der Waals surface area contributed by atoms with E-state index >= 15 is 0 Å². The van der Waals surface area contributed by atoms with Gasteiger partial charge in [-0.1, -0.05) is 42.5 Å². The highest BCUT2D eigenvalue weighted by atomic mass is 16.7. The first-order chi connectivity index (χ1) is 21.4. The first-order valence-electron chi connectivity index (χ1n) is 14.7. The van der Waals surface area contributed by atoms with Gasteiger partial charge in [0.2, 0.25) is 0 Å². The molecule has 45 heavy (non-hydrogen) atoms. The van der Waals surface area contributed by atoms with E-state index in [-0.39, 0.29) is 52.6 Å². The summed E-state index contributed by atoms with van der Waals surface area (Å²) in [6.07, 6.45) is -6.49. The number of ketones is 2. The van der Waals surface area contributed by atoms with Gasteiger partial charge in [-0.15, -0.1) is 0 Å². The summed E-state index contributed by atoms with van der Waals surface area (Å²) in [4.78, 5) is 39.9. The Morgan fingerprint density at radius 2 is 1.62 bits per heavy atom. The van der Waals surface area contributed by atoms with Crippen molar-refractivity contribution in [1.82, 2.24) is 0 Å². The number of carbonyl (C=O) groups is 3. The molecule has 1 aliphatic heterocycles. The zero-order chi connectivity index (χ0) is 32.2. The third kappa shape index (κ3) is 5.34. The molecule has 0 radical (unpaired) electrons. The van der Waals surface area contributed by atoms with E-state index in [9.17, 15) is 34.8 Å². The summed E-state index contributed by atoms with van der Waals surface area (Å²) in [6.45, 7) is 3.09. The largest absolute Gasteiger partial charge is 0.507 e. The normalized spacial score (nSPS) is 28.0. The fourth-order valence-electron chi connectivity index (χ4n) is 6.43. The first kappa shape index (κ1) is 30.7. The van der Waals surface area contributed by atoms with Gasteiger partial charge in [-0.2, -0.15) is 0 Å². The van der Waals surface area contributed by atoms with Crippen molar-refractivity contribution >= 4 is 23.3 Å². The van der Waals surface area contributed by atoms with Crippen LogP contribution < -0.4 is 11.1 Å². The van der Waals surface area contributed by atoms with Gasteiger partial charge < -0.3 is 40.4 Å². The highest BCUT2D eigenvalue weighted by Crippen LogP contribution is 2.52. The number of hydrogen-bond acceptors (Lipinski definition) is 11. The molecule has 7 N–H and O–H groups in total. The van der Waals surface area contributed by atoms with Crippen molar-refractivity contribution in [2.24, 2.45) is 5.73 Å². The Morgan fingerprint density at radius 3 is 2.24 bits per heavy atom. The lowest BCUT2D eigenvalue weighted by Gasteiger charge is -2.44. The van der Waals surface area contributed by atoms with Crippen LogP contribution in [0.3, 0.4) is 0 Å². The van der Waals surface area contributed by atoms with Gasteiger partial charge in [0, 0.05) is 53.2 Å². The second-order valence-electron chi connectivity index (χ2n) is 11.9. The fourth-order valence-corrected chi connectivity index (χ4v) is 6.43. The Hall–Kier alpha value is -4.33. The van der Waals surface area contributed by atoms with Crippen LogP contribution in [0.1, 0.15) is 75.8 Å². The minimum atomic E-state index is -1.88. The molecule has 236 valence electrons. The molecule has 3 aliphatic rings. The molecule has 1 heterocycles. The van der Waals surface area contributed by atoms with E-state index in [0.29, 0.717) is 5.69 Å². The van der Waals surface area contributed by atoms with Crippen LogP contribution in [0.4, 0.5) is 10.5 Å². The van der Waals surface area contributed by atoms with Crippen molar-refractivity contribution in [2.45, 2.75) is 75.5 Å². The number of nitrogens with one attached hydrogen (secondary N) is 1. The molecule has 6 rings (SSSR count). The number of aromatic hydroxyl groups is 2. The molecular weight excluding hydrogens is 584 g/mol. The molecule has 1 amide bonds. The third-order valence-electron chi connectivity index (χ3n) is 8.93. The number of hydrogen-bond donors (Lipinski definition) is 6. The van der Waals surface area contributed by atoms with E-state index in [0.717, 1.165) is 0 Å². The Balaban J connectivity index is 1.41. The number of aliphatic hydroxyl groups is 2. The van der Waals surface area contributed by atoms with Crippen LogP contribution in [-0.4, -0.2) is 74.3 Å². The number of nitrogens with two attached hydrogens (primary N) is 1. The predicted octanol–water partition coefficient (Wildman–Crippen LogP) is 3.07. The van der Waals surface area contributed by atoms with Crippen molar-refractivity contribution < 1.29 is 49.0 Å². The fraction of sp³-hybridized carbons (Fsp3) is 0.364. The highest BCUT2D eigenvalue weighted by Gasteiger charge is 2.50. The number of ether oxygens (including phenoxy) is 3. The van der Waals surface area contributed by atoms with Gasteiger partial charge in [0.1, 0.15) is 23.2 Å². The van der Waals surface area contributed by atoms with Crippen molar-refractivity contribution in [1.29, 1.82) is 0 Å². The number of carbonyl (C=O) groups excluding carboxylic acids is 3. The molecule has 12 heteroatoms. The number of anilines is 1. The van der Waals surface area contributed by atoms with E-state index in [1.807, 2.05) is 0 Å². The Morgan fingerprint density at radius 1 is 1.02 bits per heavy atom. The summed E-state index contributed by atoms with van der Waals surface area (Å²) in [6, 6.07) is 13.9. The summed E-state index contributed by atoms with van der Waals surface area (Å²) >= 11 is 0. The maximum absolute atomic E-state index is 13.6. The summed E-state index contributed by atoms with van der Waals surface area (Å²) in [5.41, 5.74) is 4.02. The molecule has 0 unspecified atom stereocenters. The zero-order valence-corrected chi connectivity index (χ0v) is 24.6. The van der Waals surface area contributed by atoms with Crippen LogP contribution in [0.15, 0.2) is 54.6 Å². The molecule has 0 aromatic heterocycles. The van der Waals surface area contributed by atoms with Gasteiger partial charge in [0.15, 0.2) is 17.9 Å². The predicted molar refractivity (Wildman–Crippen MR) is 159 cm³/mol. The lowest BCUT2D eigenvalue weighted by molar-refractivity contribution is -0.250. The standard InChI is InChI=1S/C33H34N2O10/c1-15-27(36)21(34)12-23(43-15)45-22-14-33(42,16(2)44-32(41)35-17-8-4-3-5-9-17)13-20-24(22)31(40)26-25(30(20)39)28(37)18-10-6-7-11-19(18)29(26)38/h3-11,15-16,21-23,27,36,39-40,42H,12-14,34H2,1-2H3,(H,35,41)/t15-,16+,21-,22-,23-,27-,33-/m0/s1. The van der Waals surface area contributed by atoms with E-state index < -0.39 is 71.5 Å². The van der Waals surface area contributed by atoms with Crippen LogP contribution in [0.25, 0.3) is 0 Å². The maximum Gasteiger partial charge on any atom is 0.411 e. The van der Waals surface area contributed by atoms with Gasteiger partial charge in [0.05, 0.1) is 29.4 Å². The number of fused-ring (bicyclic) bond motifs is 3. The van der Waals surface area contributed by atoms with Crippen molar-refractivity contribution in [3.63, 3.8) is 0 Å².